The zero-order chi connectivity index (χ0) is 26.4. The van der Waals surface area contributed by atoms with Crippen molar-refractivity contribution in [2.24, 2.45) is 5.73 Å². The number of hydrogen-bond acceptors (Lipinski definition) is 6. The number of piperazine rings is 1. The van der Waals surface area contributed by atoms with Gasteiger partial charge in [-0.05, 0) is 49.6 Å². The lowest BCUT2D eigenvalue weighted by atomic mass is 10.0. The number of aromatic nitrogens is 4. The van der Waals surface area contributed by atoms with Crippen molar-refractivity contribution in [3.8, 4) is 11.3 Å². The van der Waals surface area contributed by atoms with Gasteiger partial charge in [-0.3, -0.25) is 9.59 Å². The Bertz CT molecular complexity index is 1550. The average Bonchev–Trinajstić information content (AvgIpc) is 3.68. The Balaban J connectivity index is 1.20. The summed E-state index contributed by atoms with van der Waals surface area (Å²) >= 11 is 6.60. The SMILES string of the molecule is C[C@H]1CN(C(=O)c2ccc3c(Cl)cc(-c4cccc(CN)c4)nc3c2)CCN1C(=O)c1cn(C2CC2)nn1. The van der Waals surface area contributed by atoms with Crippen molar-refractivity contribution >= 4 is 34.3 Å². The van der Waals surface area contributed by atoms with Crippen LogP contribution in [0.3, 0.4) is 0 Å². The molecule has 0 radical (unpaired) electrons. The summed E-state index contributed by atoms with van der Waals surface area (Å²) in [4.78, 5) is 34.9. The number of pyridine rings is 1. The first kappa shape index (κ1) is 24.5. The minimum atomic E-state index is -0.152. The molecular weight excluding hydrogens is 502 g/mol. The Kier molecular flexibility index (Phi) is 6.33. The van der Waals surface area contributed by atoms with E-state index in [-0.39, 0.29) is 17.9 Å². The molecule has 3 heterocycles. The summed E-state index contributed by atoms with van der Waals surface area (Å²) in [7, 11) is 0. The molecule has 4 aromatic rings. The average molecular weight is 530 g/mol. The number of hydrogen-bond donors (Lipinski definition) is 1. The second-order valence-electron chi connectivity index (χ2n) is 10.0. The van der Waals surface area contributed by atoms with Crippen LogP contribution in [0.4, 0.5) is 0 Å². The molecule has 0 bridgehead atoms. The maximum atomic E-state index is 13.5. The van der Waals surface area contributed by atoms with Crippen molar-refractivity contribution in [3.05, 3.63) is 76.6 Å². The normalized spacial score (nSPS) is 17.7. The molecule has 1 aliphatic carbocycles. The van der Waals surface area contributed by atoms with Gasteiger partial charge in [0.1, 0.15) is 0 Å². The number of rotatable bonds is 5. The van der Waals surface area contributed by atoms with Crippen molar-refractivity contribution in [2.45, 2.75) is 38.4 Å². The van der Waals surface area contributed by atoms with Crippen molar-refractivity contribution in [1.29, 1.82) is 0 Å². The van der Waals surface area contributed by atoms with E-state index < -0.39 is 0 Å². The molecule has 0 spiro atoms. The van der Waals surface area contributed by atoms with Gasteiger partial charge in [0.15, 0.2) is 5.69 Å². The zero-order valence-electron chi connectivity index (χ0n) is 21.0. The molecule has 194 valence electrons. The highest BCUT2D eigenvalue weighted by Gasteiger charge is 2.33. The maximum Gasteiger partial charge on any atom is 0.276 e. The Hall–Kier alpha value is -3.82. The van der Waals surface area contributed by atoms with Gasteiger partial charge in [-0.25, -0.2) is 9.67 Å². The summed E-state index contributed by atoms with van der Waals surface area (Å²) in [5.41, 5.74) is 9.99. The van der Waals surface area contributed by atoms with E-state index in [4.69, 9.17) is 22.3 Å². The fraction of sp³-hybridized carbons (Fsp3) is 0.321. The van der Waals surface area contributed by atoms with Crippen LogP contribution in [0.25, 0.3) is 22.2 Å². The molecule has 38 heavy (non-hydrogen) atoms. The van der Waals surface area contributed by atoms with Crippen molar-refractivity contribution in [1.82, 2.24) is 29.8 Å². The van der Waals surface area contributed by atoms with E-state index in [1.807, 2.05) is 43.3 Å². The predicted octanol–water partition coefficient (Wildman–Crippen LogP) is 3.93. The first-order chi connectivity index (χ1) is 18.4. The monoisotopic (exact) mass is 529 g/mol. The number of carbonyl (C=O) groups excluding carboxylic acids is 2. The lowest BCUT2D eigenvalue weighted by molar-refractivity contribution is 0.0411. The van der Waals surface area contributed by atoms with E-state index in [9.17, 15) is 9.59 Å². The molecule has 10 heteroatoms. The summed E-state index contributed by atoms with van der Waals surface area (Å²) in [5.74, 6) is -0.244. The number of fused-ring (bicyclic) bond motifs is 1. The third-order valence-electron chi connectivity index (χ3n) is 7.29. The van der Waals surface area contributed by atoms with E-state index in [1.54, 1.807) is 32.8 Å². The molecule has 0 unspecified atom stereocenters. The predicted molar refractivity (Wildman–Crippen MR) is 145 cm³/mol. The standard InChI is InChI=1S/C28H28ClN7O2/c1-17-15-34(9-10-35(17)28(38)26-16-36(33-32-26)21-6-7-21)27(37)20-5-8-22-23(29)13-24(31-25(22)12-20)19-4-2-3-18(11-19)14-30/h2-5,8,11-13,16-17,21H,6-7,9-10,14-15,30H2,1H3/t17-/m0/s1. The Morgan fingerprint density at radius 3 is 2.68 bits per heavy atom. The van der Waals surface area contributed by atoms with Crippen LogP contribution in [0.15, 0.2) is 54.7 Å². The largest absolute Gasteiger partial charge is 0.335 e. The van der Waals surface area contributed by atoms with Gasteiger partial charge in [-0.15, -0.1) is 5.10 Å². The molecule has 2 aromatic carbocycles. The molecule has 2 aromatic heterocycles. The summed E-state index contributed by atoms with van der Waals surface area (Å²) in [5, 5.41) is 9.53. The van der Waals surface area contributed by atoms with Gasteiger partial charge in [0.25, 0.3) is 11.8 Å². The highest BCUT2D eigenvalue weighted by Crippen LogP contribution is 2.34. The van der Waals surface area contributed by atoms with E-state index in [1.165, 1.54) is 0 Å². The van der Waals surface area contributed by atoms with E-state index in [0.29, 0.717) is 54.0 Å². The Morgan fingerprint density at radius 1 is 1.08 bits per heavy atom. The number of carbonyl (C=O) groups is 2. The van der Waals surface area contributed by atoms with Crippen LogP contribution in [-0.2, 0) is 6.54 Å². The topological polar surface area (TPSA) is 110 Å². The van der Waals surface area contributed by atoms with E-state index >= 15 is 0 Å². The number of nitrogens with zero attached hydrogens (tertiary/aromatic N) is 6. The van der Waals surface area contributed by atoms with Gasteiger partial charge in [0.2, 0.25) is 0 Å². The smallest absolute Gasteiger partial charge is 0.276 e. The number of halogens is 1. The summed E-state index contributed by atoms with van der Waals surface area (Å²) in [6.45, 7) is 3.68. The van der Waals surface area contributed by atoms with E-state index in [0.717, 1.165) is 35.0 Å². The summed E-state index contributed by atoms with van der Waals surface area (Å²) in [6.07, 6.45) is 3.89. The fourth-order valence-corrected chi connectivity index (χ4v) is 5.25. The molecular formula is C28H28ClN7O2. The molecule has 2 amide bonds. The van der Waals surface area contributed by atoms with Gasteiger partial charge in [0, 0.05) is 48.7 Å². The van der Waals surface area contributed by atoms with Gasteiger partial charge in [0.05, 0.1) is 28.5 Å². The maximum absolute atomic E-state index is 13.5. The second kappa shape index (κ2) is 9.81. The van der Waals surface area contributed by atoms with Gasteiger partial charge < -0.3 is 15.5 Å². The lowest BCUT2D eigenvalue weighted by Crippen LogP contribution is -2.55. The highest BCUT2D eigenvalue weighted by molar-refractivity contribution is 6.35. The number of benzene rings is 2. The summed E-state index contributed by atoms with van der Waals surface area (Å²) in [6, 6.07) is 15.3. The molecule has 1 atom stereocenters. The lowest BCUT2D eigenvalue weighted by Gasteiger charge is -2.39. The minimum Gasteiger partial charge on any atom is -0.335 e. The Morgan fingerprint density at radius 2 is 1.92 bits per heavy atom. The fourth-order valence-electron chi connectivity index (χ4n) is 4.99. The van der Waals surface area contributed by atoms with Crippen LogP contribution in [0.2, 0.25) is 5.02 Å². The zero-order valence-corrected chi connectivity index (χ0v) is 21.8. The molecule has 6 rings (SSSR count). The minimum absolute atomic E-state index is 0.0982. The van der Waals surface area contributed by atoms with Crippen LogP contribution < -0.4 is 5.73 Å². The molecule has 2 aliphatic rings. The second-order valence-corrected chi connectivity index (χ2v) is 10.4. The Labute approximate surface area is 225 Å². The molecule has 9 nitrogen and oxygen atoms in total. The van der Waals surface area contributed by atoms with Crippen LogP contribution in [0.1, 0.15) is 52.2 Å². The highest BCUT2D eigenvalue weighted by atomic mass is 35.5. The molecule has 1 aliphatic heterocycles. The van der Waals surface area contributed by atoms with Crippen molar-refractivity contribution < 1.29 is 9.59 Å². The first-order valence-electron chi connectivity index (χ1n) is 12.8. The van der Waals surface area contributed by atoms with Gasteiger partial charge in [-0.2, -0.15) is 0 Å². The first-order valence-corrected chi connectivity index (χ1v) is 13.2. The third-order valence-corrected chi connectivity index (χ3v) is 7.60. The van der Waals surface area contributed by atoms with Gasteiger partial charge in [-0.1, -0.05) is 41.1 Å². The molecule has 2 fully saturated rings. The third kappa shape index (κ3) is 4.63. The summed E-state index contributed by atoms with van der Waals surface area (Å²) < 4.78 is 1.78. The van der Waals surface area contributed by atoms with Crippen molar-refractivity contribution in [2.75, 3.05) is 19.6 Å². The molecule has 2 N–H and O–H groups in total. The molecule has 1 saturated carbocycles. The quantitative estimate of drug-likeness (QED) is 0.419. The van der Waals surface area contributed by atoms with Crippen LogP contribution in [-0.4, -0.2) is 67.3 Å². The number of nitrogens with two attached hydrogens (primary N) is 1. The van der Waals surface area contributed by atoms with Crippen LogP contribution >= 0.6 is 11.6 Å². The molecule has 1 saturated heterocycles. The van der Waals surface area contributed by atoms with Gasteiger partial charge >= 0.3 is 0 Å². The van der Waals surface area contributed by atoms with Crippen LogP contribution in [0.5, 0.6) is 0 Å². The number of amides is 2. The van der Waals surface area contributed by atoms with E-state index in [2.05, 4.69) is 10.3 Å². The van der Waals surface area contributed by atoms with Crippen molar-refractivity contribution in [3.63, 3.8) is 0 Å². The van der Waals surface area contributed by atoms with Crippen LogP contribution in [0, 0.1) is 0 Å².